The summed E-state index contributed by atoms with van der Waals surface area (Å²) in [6.45, 7) is 9.51. The van der Waals surface area contributed by atoms with Gasteiger partial charge in [-0.15, -0.1) is 11.3 Å². The number of nitrogens with zero attached hydrogens (tertiary/aromatic N) is 2. The van der Waals surface area contributed by atoms with Crippen molar-refractivity contribution in [3.8, 4) is 17.3 Å². The second kappa shape index (κ2) is 7.81. The number of ether oxygens (including phenoxy) is 1. The molecule has 6 nitrogen and oxygen atoms in total. The van der Waals surface area contributed by atoms with Crippen LogP contribution < -0.4 is 10.6 Å². The van der Waals surface area contributed by atoms with Crippen molar-refractivity contribution in [2.24, 2.45) is 0 Å². The maximum Gasteiger partial charge on any atom is 0.407 e. The molecule has 2 rings (SSSR count). The lowest BCUT2D eigenvalue weighted by Crippen LogP contribution is -2.34. The molecule has 130 valence electrons. The summed E-state index contributed by atoms with van der Waals surface area (Å²) in [5.74, 6) is 0. The number of carbonyl (C=O) groups excluding carboxylic acids is 1. The summed E-state index contributed by atoms with van der Waals surface area (Å²) in [5, 5.41) is 17.2. The zero-order valence-corrected chi connectivity index (χ0v) is 15.2. The Morgan fingerprint density at radius 1 is 1.44 bits per heavy atom. The minimum atomic E-state index is -0.541. The van der Waals surface area contributed by atoms with E-state index >= 15 is 0 Å². The highest BCUT2D eigenvalue weighted by Gasteiger charge is 2.16. The molecule has 2 aromatic rings. The molecule has 1 amide bonds. The highest BCUT2D eigenvalue weighted by atomic mass is 32.1. The van der Waals surface area contributed by atoms with E-state index < -0.39 is 11.7 Å². The van der Waals surface area contributed by atoms with E-state index in [1.165, 1.54) is 11.3 Å². The van der Waals surface area contributed by atoms with Crippen LogP contribution in [-0.2, 0) is 4.74 Å². The van der Waals surface area contributed by atoms with Crippen molar-refractivity contribution in [1.29, 1.82) is 5.26 Å². The molecule has 0 bridgehead atoms. The number of thiazole rings is 1. The molecule has 0 saturated heterocycles. The molecule has 1 aromatic heterocycles. The molecule has 0 fully saturated rings. The first-order valence-corrected chi connectivity index (χ1v) is 8.52. The van der Waals surface area contributed by atoms with Crippen molar-refractivity contribution in [3.63, 3.8) is 0 Å². The average molecular weight is 356 g/mol. The van der Waals surface area contributed by atoms with Crippen molar-refractivity contribution in [2.45, 2.75) is 26.4 Å². The number of anilines is 1. The molecule has 1 aromatic carbocycles. The fraction of sp³-hybridized carbons (Fsp3) is 0.278. The van der Waals surface area contributed by atoms with E-state index in [1.807, 2.05) is 17.5 Å². The van der Waals surface area contributed by atoms with Crippen LogP contribution >= 0.6 is 11.3 Å². The molecule has 0 aliphatic rings. The van der Waals surface area contributed by atoms with E-state index in [0.29, 0.717) is 16.4 Å². The van der Waals surface area contributed by atoms with Gasteiger partial charge in [-0.3, -0.25) is 0 Å². The summed E-state index contributed by atoms with van der Waals surface area (Å²) in [5.41, 5.74) is 2.29. The predicted octanol–water partition coefficient (Wildman–Crippen LogP) is 4.13. The highest BCUT2D eigenvalue weighted by Crippen LogP contribution is 2.26. The van der Waals surface area contributed by atoms with Crippen molar-refractivity contribution < 1.29 is 9.53 Å². The Balaban J connectivity index is 1.91. The van der Waals surface area contributed by atoms with Gasteiger partial charge in [0.25, 0.3) is 0 Å². The number of aromatic nitrogens is 1. The SMILES string of the molecule is C=C(CNC(=O)OC(C)(C)C)Nc1nc(-c2cccc(C#N)c2)cs1. The Morgan fingerprint density at radius 2 is 2.20 bits per heavy atom. The third-order valence-electron chi connectivity index (χ3n) is 2.92. The quantitative estimate of drug-likeness (QED) is 0.841. The first-order valence-electron chi connectivity index (χ1n) is 7.64. The Morgan fingerprint density at radius 3 is 2.88 bits per heavy atom. The topological polar surface area (TPSA) is 87.0 Å². The summed E-state index contributed by atoms with van der Waals surface area (Å²) in [6, 6.07) is 9.38. The van der Waals surface area contributed by atoms with E-state index in [1.54, 1.807) is 32.9 Å². The summed E-state index contributed by atoms with van der Waals surface area (Å²) >= 11 is 1.42. The molecular weight excluding hydrogens is 336 g/mol. The van der Waals surface area contributed by atoms with E-state index in [2.05, 4.69) is 28.3 Å². The van der Waals surface area contributed by atoms with Gasteiger partial charge in [-0.05, 0) is 32.9 Å². The number of benzene rings is 1. The van der Waals surface area contributed by atoms with Crippen LogP contribution in [-0.4, -0.2) is 23.2 Å². The van der Waals surface area contributed by atoms with Gasteiger partial charge in [-0.1, -0.05) is 18.7 Å². The van der Waals surface area contributed by atoms with Gasteiger partial charge in [-0.2, -0.15) is 5.26 Å². The molecule has 0 unspecified atom stereocenters. The Kier molecular flexibility index (Phi) is 5.78. The van der Waals surface area contributed by atoms with Gasteiger partial charge in [-0.25, -0.2) is 9.78 Å². The van der Waals surface area contributed by atoms with Crippen molar-refractivity contribution in [2.75, 3.05) is 11.9 Å². The standard InChI is InChI=1S/C18H20N4O2S/c1-12(10-20-17(23)24-18(2,3)4)21-16-22-15(11-25-16)14-7-5-6-13(8-14)9-19/h5-8,11H,1,10H2,2-4H3,(H,20,23)(H,21,22). The summed E-state index contributed by atoms with van der Waals surface area (Å²) in [6.07, 6.45) is -0.497. The molecule has 0 radical (unpaired) electrons. The van der Waals surface area contributed by atoms with Crippen LogP contribution in [0.4, 0.5) is 9.93 Å². The van der Waals surface area contributed by atoms with Crippen molar-refractivity contribution in [1.82, 2.24) is 10.3 Å². The van der Waals surface area contributed by atoms with E-state index in [4.69, 9.17) is 10.00 Å². The first-order chi connectivity index (χ1) is 11.8. The minimum absolute atomic E-state index is 0.230. The number of nitriles is 1. The molecular formula is C18H20N4O2S. The van der Waals surface area contributed by atoms with Crippen LogP contribution in [0.3, 0.4) is 0 Å². The number of rotatable bonds is 5. The molecule has 0 spiro atoms. The van der Waals surface area contributed by atoms with E-state index in [-0.39, 0.29) is 6.54 Å². The lowest BCUT2D eigenvalue weighted by Gasteiger charge is -2.20. The van der Waals surface area contributed by atoms with Gasteiger partial charge in [0.15, 0.2) is 5.13 Å². The van der Waals surface area contributed by atoms with Gasteiger partial charge >= 0.3 is 6.09 Å². The molecule has 7 heteroatoms. The minimum Gasteiger partial charge on any atom is -0.444 e. The fourth-order valence-electron chi connectivity index (χ4n) is 1.90. The molecule has 2 N–H and O–H groups in total. The van der Waals surface area contributed by atoms with Crippen molar-refractivity contribution in [3.05, 3.63) is 47.5 Å². The lowest BCUT2D eigenvalue weighted by atomic mass is 10.1. The third-order valence-corrected chi connectivity index (χ3v) is 3.68. The van der Waals surface area contributed by atoms with Crippen LogP contribution in [0.2, 0.25) is 0 Å². The largest absolute Gasteiger partial charge is 0.444 e. The maximum atomic E-state index is 11.6. The molecule has 0 atom stereocenters. The van der Waals surface area contributed by atoms with Gasteiger partial charge < -0.3 is 15.4 Å². The van der Waals surface area contributed by atoms with Gasteiger partial charge in [0.1, 0.15) is 5.60 Å². The number of alkyl carbamates (subject to hydrolysis) is 1. The molecule has 0 aliphatic carbocycles. The van der Waals surface area contributed by atoms with Crippen LogP contribution in [0.15, 0.2) is 41.9 Å². The monoisotopic (exact) mass is 356 g/mol. The Hall–Kier alpha value is -2.85. The zero-order valence-electron chi connectivity index (χ0n) is 14.4. The van der Waals surface area contributed by atoms with Gasteiger partial charge in [0.05, 0.1) is 23.9 Å². The lowest BCUT2D eigenvalue weighted by molar-refractivity contribution is 0.0533. The summed E-state index contributed by atoms with van der Waals surface area (Å²) in [7, 11) is 0. The fourth-order valence-corrected chi connectivity index (χ4v) is 2.67. The normalized spacial score (nSPS) is 10.6. The highest BCUT2D eigenvalue weighted by molar-refractivity contribution is 7.14. The number of carbonyl (C=O) groups is 1. The van der Waals surface area contributed by atoms with E-state index in [0.717, 1.165) is 11.3 Å². The number of amides is 1. The molecule has 0 aliphatic heterocycles. The Bertz CT molecular complexity index is 815. The van der Waals surface area contributed by atoms with E-state index in [9.17, 15) is 4.79 Å². The number of hydrogen-bond donors (Lipinski definition) is 2. The number of nitrogens with one attached hydrogen (secondary N) is 2. The molecule has 1 heterocycles. The van der Waals surface area contributed by atoms with Gasteiger partial charge in [0.2, 0.25) is 0 Å². The van der Waals surface area contributed by atoms with Crippen LogP contribution in [0.5, 0.6) is 0 Å². The van der Waals surface area contributed by atoms with Crippen LogP contribution in [0, 0.1) is 11.3 Å². The van der Waals surface area contributed by atoms with Crippen LogP contribution in [0.1, 0.15) is 26.3 Å². The summed E-state index contributed by atoms with van der Waals surface area (Å²) < 4.78 is 5.16. The first kappa shape index (κ1) is 18.5. The van der Waals surface area contributed by atoms with Gasteiger partial charge in [0, 0.05) is 16.6 Å². The number of hydrogen-bond acceptors (Lipinski definition) is 6. The summed E-state index contributed by atoms with van der Waals surface area (Å²) in [4.78, 5) is 16.1. The average Bonchev–Trinajstić information content (AvgIpc) is 3.00. The third kappa shape index (κ3) is 5.94. The van der Waals surface area contributed by atoms with Crippen LogP contribution in [0.25, 0.3) is 11.3 Å². The Labute approximate surface area is 151 Å². The zero-order chi connectivity index (χ0) is 18.4. The molecule has 25 heavy (non-hydrogen) atoms. The second-order valence-electron chi connectivity index (χ2n) is 6.31. The van der Waals surface area contributed by atoms with Crippen molar-refractivity contribution >= 4 is 22.6 Å². The smallest absolute Gasteiger partial charge is 0.407 e. The predicted molar refractivity (Wildman–Crippen MR) is 99.3 cm³/mol. The second-order valence-corrected chi connectivity index (χ2v) is 7.17. The molecule has 0 saturated carbocycles. The maximum absolute atomic E-state index is 11.6.